The first-order chi connectivity index (χ1) is 21.1. The number of ether oxygens (including phenoxy) is 3. The van der Waals surface area contributed by atoms with E-state index in [2.05, 4.69) is 16.9 Å². The Hall–Kier alpha value is -1.81. The molecule has 0 amide bonds. The molecule has 0 N–H and O–H groups in total. The SMILES string of the molecule is CCCCCCCCCCCCCCCCCCOCC(CS(=O)(=O)CCOCC[n+]1ccccc1)Oc1ncccn1.[Cl-]. The van der Waals surface area contributed by atoms with Crippen molar-refractivity contribution in [3.8, 4) is 6.01 Å². The molecule has 2 aromatic rings. The van der Waals surface area contributed by atoms with Gasteiger partial charge in [0.2, 0.25) is 0 Å². The van der Waals surface area contributed by atoms with Gasteiger partial charge in [-0.1, -0.05) is 109 Å². The van der Waals surface area contributed by atoms with Gasteiger partial charge in [0.25, 0.3) is 0 Å². The molecule has 1 atom stereocenters. The van der Waals surface area contributed by atoms with E-state index in [1.807, 2.05) is 35.2 Å². The third-order valence-electron chi connectivity index (χ3n) is 7.51. The molecule has 0 aliphatic heterocycles. The van der Waals surface area contributed by atoms with Crippen LogP contribution in [0.4, 0.5) is 0 Å². The van der Waals surface area contributed by atoms with Gasteiger partial charge in [-0.25, -0.2) is 23.0 Å². The molecule has 10 heteroatoms. The number of unbranched alkanes of at least 4 members (excludes halogenated alkanes) is 15. The molecule has 0 bridgehead atoms. The molecule has 2 heterocycles. The van der Waals surface area contributed by atoms with Gasteiger partial charge >= 0.3 is 6.01 Å². The molecular weight excluding hydrogens is 598 g/mol. The molecule has 0 saturated carbocycles. The summed E-state index contributed by atoms with van der Waals surface area (Å²) in [6.45, 7) is 4.31. The molecule has 0 fully saturated rings. The fourth-order valence-corrected chi connectivity index (χ4v) is 6.26. The van der Waals surface area contributed by atoms with Gasteiger partial charge < -0.3 is 26.6 Å². The van der Waals surface area contributed by atoms with Crippen LogP contribution in [-0.4, -0.2) is 62.4 Å². The van der Waals surface area contributed by atoms with Crippen LogP contribution in [0.5, 0.6) is 6.01 Å². The van der Waals surface area contributed by atoms with Gasteiger partial charge in [0.1, 0.15) is 12.7 Å². The average Bonchev–Trinajstić information content (AvgIpc) is 3.01. The summed E-state index contributed by atoms with van der Waals surface area (Å²) >= 11 is 0. The summed E-state index contributed by atoms with van der Waals surface area (Å²) in [5, 5.41) is 0. The van der Waals surface area contributed by atoms with E-state index >= 15 is 0 Å². The van der Waals surface area contributed by atoms with Crippen molar-refractivity contribution < 1.29 is 39.6 Å². The molecule has 8 nitrogen and oxygen atoms in total. The number of nitrogens with zero attached hydrogens (tertiary/aromatic N) is 3. The largest absolute Gasteiger partial charge is 1.00 e. The van der Waals surface area contributed by atoms with Crippen LogP contribution >= 0.6 is 0 Å². The van der Waals surface area contributed by atoms with Crippen LogP contribution in [0.1, 0.15) is 110 Å². The highest BCUT2D eigenvalue weighted by Crippen LogP contribution is 2.14. The number of halogens is 1. The zero-order valence-corrected chi connectivity index (χ0v) is 28.7. The molecule has 0 aromatic carbocycles. The van der Waals surface area contributed by atoms with Crippen molar-refractivity contribution in [1.82, 2.24) is 9.97 Å². The Kier molecular flexibility index (Phi) is 25.1. The van der Waals surface area contributed by atoms with Crippen LogP contribution in [0.15, 0.2) is 49.1 Å². The lowest BCUT2D eigenvalue weighted by molar-refractivity contribution is -0.698. The first kappa shape index (κ1) is 40.2. The summed E-state index contributed by atoms with van der Waals surface area (Å²) in [6, 6.07) is 7.70. The molecule has 44 heavy (non-hydrogen) atoms. The standard InChI is InChI=1S/C34H58N3O5S.ClH/c1-2-3-4-5-6-7-8-9-10-11-12-13-14-15-16-20-27-41-31-33(42-34-35-22-21-23-36-34)32-43(38,39)30-29-40-28-26-37-24-18-17-19-25-37;/h17-19,21-25,33H,2-16,20,26-32H2,1H3;1H/q+1;/p-1. The smallest absolute Gasteiger partial charge is 0.316 e. The summed E-state index contributed by atoms with van der Waals surface area (Å²) in [5.74, 6) is -0.234. The third-order valence-corrected chi connectivity index (χ3v) is 9.18. The fourth-order valence-electron chi connectivity index (χ4n) is 4.99. The van der Waals surface area contributed by atoms with Crippen molar-refractivity contribution >= 4 is 9.84 Å². The predicted octanol–water partition coefficient (Wildman–Crippen LogP) is 3.93. The third kappa shape index (κ3) is 22.7. The van der Waals surface area contributed by atoms with Crippen molar-refractivity contribution in [3.05, 3.63) is 49.1 Å². The van der Waals surface area contributed by atoms with Gasteiger partial charge in [0.05, 0.1) is 24.7 Å². The van der Waals surface area contributed by atoms with Gasteiger partial charge in [-0.3, -0.25) is 0 Å². The summed E-state index contributed by atoms with van der Waals surface area (Å²) in [6.07, 6.45) is 27.6. The molecule has 2 rings (SSSR count). The second-order valence-electron chi connectivity index (χ2n) is 11.5. The van der Waals surface area contributed by atoms with Crippen molar-refractivity contribution in [2.24, 2.45) is 0 Å². The maximum absolute atomic E-state index is 12.8. The normalized spacial score (nSPS) is 12.1. The van der Waals surface area contributed by atoms with Crippen LogP contribution in [0, 0.1) is 0 Å². The van der Waals surface area contributed by atoms with Crippen LogP contribution in [0.2, 0.25) is 0 Å². The lowest BCUT2D eigenvalue weighted by Gasteiger charge is -2.18. The van der Waals surface area contributed by atoms with E-state index in [-0.39, 0.29) is 43.1 Å². The summed E-state index contributed by atoms with van der Waals surface area (Å²) in [4.78, 5) is 8.17. The Morgan fingerprint density at radius 3 is 1.80 bits per heavy atom. The van der Waals surface area contributed by atoms with Gasteiger partial charge in [-0.15, -0.1) is 0 Å². The van der Waals surface area contributed by atoms with E-state index in [0.717, 1.165) is 12.8 Å². The molecule has 0 saturated heterocycles. The van der Waals surface area contributed by atoms with Crippen LogP contribution in [-0.2, 0) is 25.9 Å². The van der Waals surface area contributed by atoms with E-state index in [0.29, 0.717) is 19.8 Å². The molecule has 0 spiro atoms. The maximum Gasteiger partial charge on any atom is 0.316 e. The van der Waals surface area contributed by atoms with E-state index in [1.165, 1.54) is 89.9 Å². The Balaban J connectivity index is 0.00000968. The van der Waals surface area contributed by atoms with Gasteiger partial charge in [0.15, 0.2) is 28.8 Å². The van der Waals surface area contributed by atoms with Crippen LogP contribution < -0.4 is 21.7 Å². The summed E-state index contributed by atoms with van der Waals surface area (Å²) < 4.78 is 44.8. The average molecular weight is 656 g/mol. The van der Waals surface area contributed by atoms with Gasteiger partial charge in [-0.2, -0.15) is 0 Å². The molecule has 1 unspecified atom stereocenters. The van der Waals surface area contributed by atoms with Crippen molar-refractivity contribution in [3.63, 3.8) is 0 Å². The zero-order valence-electron chi connectivity index (χ0n) is 27.1. The lowest BCUT2D eigenvalue weighted by Crippen LogP contribution is -3.00. The Labute approximate surface area is 274 Å². The topological polar surface area (TPSA) is 91.5 Å². The summed E-state index contributed by atoms with van der Waals surface area (Å²) in [7, 11) is -3.41. The monoisotopic (exact) mass is 655 g/mol. The van der Waals surface area contributed by atoms with Crippen LogP contribution in [0.25, 0.3) is 0 Å². The van der Waals surface area contributed by atoms with Gasteiger partial charge in [-0.05, 0) is 12.5 Å². The maximum atomic E-state index is 12.8. The number of aromatic nitrogens is 3. The number of hydrogen-bond donors (Lipinski definition) is 0. The molecule has 0 radical (unpaired) electrons. The number of hydrogen-bond acceptors (Lipinski definition) is 7. The molecule has 0 aliphatic rings. The highest BCUT2D eigenvalue weighted by Gasteiger charge is 2.22. The highest BCUT2D eigenvalue weighted by atomic mass is 35.5. The molecular formula is C34H58ClN3O5S. The minimum absolute atomic E-state index is 0. The predicted molar refractivity (Wildman–Crippen MR) is 173 cm³/mol. The summed E-state index contributed by atoms with van der Waals surface area (Å²) in [5.41, 5.74) is 0. The molecule has 252 valence electrons. The Bertz CT molecular complexity index is 1000. The Morgan fingerprint density at radius 1 is 0.682 bits per heavy atom. The second-order valence-corrected chi connectivity index (χ2v) is 13.7. The first-order valence-corrected chi connectivity index (χ1v) is 18.6. The second kappa shape index (κ2) is 27.5. The molecule has 0 aliphatic carbocycles. The van der Waals surface area contributed by atoms with Crippen molar-refractivity contribution in [2.75, 3.05) is 37.9 Å². The molecule has 2 aromatic heterocycles. The number of rotatable bonds is 29. The van der Waals surface area contributed by atoms with Gasteiger partial charge in [0, 0.05) is 31.1 Å². The number of sulfone groups is 1. The number of pyridine rings is 1. The van der Waals surface area contributed by atoms with E-state index < -0.39 is 15.9 Å². The van der Waals surface area contributed by atoms with Crippen molar-refractivity contribution in [1.29, 1.82) is 0 Å². The first-order valence-electron chi connectivity index (χ1n) is 16.8. The quantitative estimate of drug-likeness (QED) is 0.0969. The lowest BCUT2D eigenvalue weighted by atomic mass is 10.0. The minimum Gasteiger partial charge on any atom is -1.00 e. The zero-order chi connectivity index (χ0) is 30.7. The van der Waals surface area contributed by atoms with Crippen LogP contribution in [0.3, 0.4) is 0 Å². The Morgan fingerprint density at radius 2 is 1.23 bits per heavy atom. The van der Waals surface area contributed by atoms with Crippen molar-refractivity contribution in [2.45, 2.75) is 122 Å². The van der Waals surface area contributed by atoms with E-state index in [9.17, 15) is 8.42 Å². The minimum atomic E-state index is -3.41. The van der Waals surface area contributed by atoms with E-state index in [1.54, 1.807) is 18.5 Å². The highest BCUT2D eigenvalue weighted by molar-refractivity contribution is 7.91. The fraction of sp³-hybridized carbons (Fsp3) is 0.735. The van der Waals surface area contributed by atoms with E-state index in [4.69, 9.17) is 14.2 Å².